The second kappa shape index (κ2) is 12.0. The Morgan fingerprint density at radius 2 is 1.92 bits per heavy atom. The predicted octanol–water partition coefficient (Wildman–Crippen LogP) is 6.74. The molecule has 4 aromatic rings. The molecule has 3 aromatic carbocycles. The lowest BCUT2D eigenvalue weighted by Crippen LogP contribution is -2.22. The summed E-state index contributed by atoms with van der Waals surface area (Å²) in [6.45, 7) is 3.75. The lowest BCUT2D eigenvalue weighted by molar-refractivity contribution is -0.118. The summed E-state index contributed by atoms with van der Waals surface area (Å²) >= 11 is 13.1. The second-order valence-corrected chi connectivity index (χ2v) is 10.5. The van der Waals surface area contributed by atoms with Crippen molar-refractivity contribution >= 4 is 72.2 Å². The van der Waals surface area contributed by atoms with Crippen LogP contribution < -0.4 is 15.6 Å². The fraction of sp³-hybridized carbons (Fsp3) is 0.185. The molecule has 0 unspecified atom stereocenters. The Morgan fingerprint density at radius 1 is 1.16 bits per heavy atom. The molecule has 7 nitrogen and oxygen atoms in total. The number of rotatable bonds is 8. The number of hydrogen-bond acceptors (Lipinski definition) is 5. The number of ether oxygens (including phenoxy) is 1. The normalized spacial score (nSPS) is 11.3. The van der Waals surface area contributed by atoms with Crippen LogP contribution in [0.25, 0.3) is 10.9 Å². The average Bonchev–Trinajstić information content (AvgIpc) is 2.85. The van der Waals surface area contributed by atoms with Gasteiger partial charge in [-0.3, -0.25) is 9.59 Å². The van der Waals surface area contributed by atoms with Crippen LogP contribution in [0.3, 0.4) is 0 Å². The Labute approximate surface area is 235 Å². The van der Waals surface area contributed by atoms with Crippen LogP contribution in [0.5, 0.6) is 5.75 Å². The van der Waals surface area contributed by atoms with Crippen molar-refractivity contribution in [2.45, 2.75) is 26.7 Å². The summed E-state index contributed by atoms with van der Waals surface area (Å²) in [5.41, 5.74) is 2.59. The minimum Gasteiger partial charge on any atom is -0.482 e. The van der Waals surface area contributed by atoms with Crippen LogP contribution in [0.4, 0.5) is 5.69 Å². The van der Waals surface area contributed by atoms with Gasteiger partial charge >= 0.3 is 0 Å². The Bertz CT molecular complexity index is 1550. The summed E-state index contributed by atoms with van der Waals surface area (Å²) < 4.78 is 8.46. The number of aromatic nitrogens is 2. The maximum Gasteiger partial charge on any atom is 0.282 e. The Hall–Kier alpha value is -3.01. The number of amides is 1. The smallest absolute Gasteiger partial charge is 0.282 e. The third-order valence-corrected chi connectivity index (χ3v) is 6.68. The zero-order valence-electron chi connectivity index (χ0n) is 20.1. The Kier molecular flexibility index (Phi) is 8.79. The number of aryl methyl sites for hydroxylation is 2. The van der Waals surface area contributed by atoms with Gasteiger partial charge in [0.05, 0.1) is 21.6 Å². The first-order chi connectivity index (χ1) is 17.7. The van der Waals surface area contributed by atoms with E-state index in [4.69, 9.17) is 16.3 Å². The number of benzene rings is 3. The van der Waals surface area contributed by atoms with Gasteiger partial charge in [0.15, 0.2) is 6.61 Å². The highest BCUT2D eigenvalue weighted by atomic mass is 79.9. The van der Waals surface area contributed by atoms with E-state index in [2.05, 4.69) is 47.3 Å². The van der Waals surface area contributed by atoms with Crippen molar-refractivity contribution in [1.82, 2.24) is 9.66 Å². The van der Waals surface area contributed by atoms with E-state index < -0.39 is 0 Å². The second-order valence-electron chi connectivity index (χ2n) is 8.31. The molecule has 1 heterocycles. The van der Waals surface area contributed by atoms with Gasteiger partial charge in [-0.1, -0.05) is 52.2 Å². The van der Waals surface area contributed by atoms with E-state index in [0.29, 0.717) is 49.6 Å². The first-order valence-electron chi connectivity index (χ1n) is 11.5. The largest absolute Gasteiger partial charge is 0.482 e. The molecule has 37 heavy (non-hydrogen) atoms. The van der Waals surface area contributed by atoms with Gasteiger partial charge in [-0.2, -0.15) is 9.78 Å². The van der Waals surface area contributed by atoms with Gasteiger partial charge in [-0.05, 0) is 71.7 Å². The molecule has 0 aliphatic carbocycles. The number of fused-ring (bicyclic) bond motifs is 1. The van der Waals surface area contributed by atoms with Crippen LogP contribution in [0.15, 0.2) is 73.4 Å². The van der Waals surface area contributed by atoms with Crippen LogP contribution in [0, 0.1) is 6.92 Å². The van der Waals surface area contributed by atoms with Crippen molar-refractivity contribution in [3.05, 3.63) is 95.9 Å². The van der Waals surface area contributed by atoms with Crippen LogP contribution in [0.1, 0.15) is 30.3 Å². The number of anilines is 1. The maximum absolute atomic E-state index is 13.3. The van der Waals surface area contributed by atoms with E-state index >= 15 is 0 Å². The van der Waals surface area contributed by atoms with Crippen LogP contribution in [-0.2, 0) is 11.2 Å². The molecule has 0 radical (unpaired) electrons. The summed E-state index contributed by atoms with van der Waals surface area (Å²) in [6, 6.07) is 16.2. The molecule has 1 amide bonds. The number of halogens is 3. The molecule has 1 N–H and O–H groups in total. The summed E-state index contributed by atoms with van der Waals surface area (Å²) in [4.78, 5) is 30.4. The van der Waals surface area contributed by atoms with Crippen molar-refractivity contribution < 1.29 is 9.53 Å². The Balaban J connectivity index is 1.64. The lowest BCUT2D eigenvalue weighted by atomic mass is 10.2. The van der Waals surface area contributed by atoms with Crippen LogP contribution in [0.2, 0.25) is 5.02 Å². The van der Waals surface area contributed by atoms with E-state index in [9.17, 15) is 9.59 Å². The first-order valence-corrected chi connectivity index (χ1v) is 13.5. The van der Waals surface area contributed by atoms with Gasteiger partial charge in [0.1, 0.15) is 11.6 Å². The summed E-state index contributed by atoms with van der Waals surface area (Å²) in [7, 11) is 0. The molecule has 0 atom stereocenters. The molecule has 0 spiro atoms. The number of hydrogen-bond donors (Lipinski definition) is 1. The number of nitrogens with one attached hydrogen (secondary N) is 1. The van der Waals surface area contributed by atoms with E-state index in [1.54, 1.807) is 24.3 Å². The first kappa shape index (κ1) is 27.0. The molecule has 0 saturated carbocycles. The van der Waals surface area contributed by atoms with Crippen molar-refractivity contribution in [2.75, 3.05) is 11.9 Å². The van der Waals surface area contributed by atoms with Gasteiger partial charge in [0, 0.05) is 27.2 Å². The van der Waals surface area contributed by atoms with E-state index in [-0.39, 0.29) is 18.1 Å². The average molecular weight is 647 g/mol. The van der Waals surface area contributed by atoms with Crippen LogP contribution in [-0.4, -0.2) is 28.4 Å². The lowest BCUT2D eigenvalue weighted by Gasteiger charge is -2.13. The van der Waals surface area contributed by atoms with Crippen molar-refractivity contribution in [1.29, 1.82) is 0 Å². The molecule has 0 bridgehead atoms. The van der Waals surface area contributed by atoms with E-state index in [0.717, 1.165) is 16.5 Å². The SMILES string of the molecule is CCCc1nc2ccc(Br)cc2c(=O)n1N=Cc1cc(Cl)cc(Br)c1OCC(=O)Nc1ccc(C)cc1. The summed E-state index contributed by atoms with van der Waals surface area (Å²) in [6.07, 6.45) is 2.84. The highest BCUT2D eigenvalue weighted by Gasteiger charge is 2.14. The number of carbonyl (C=O) groups excluding carboxylic acids is 1. The fourth-order valence-corrected chi connectivity index (χ4v) is 4.93. The molecule has 0 aliphatic rings. The number of carbonyl (C=O) groups is 1. The maximum atomic E-state index is 13.3. The van der Waals surface area contributed by atoms with Gasteiger partial charge in [-0.15, -0.1) is 0 Å². The standard InChI is InChI=1S/C27H23Br2ClN4O3/c1-3-4-24-33-23-10-7-18(28)12-21(23)27(36)34(24)31-14-17-11-19(30)13-22(29)26(17)37-15-25(35)32-20-8-5-16(2)6-9-20/h5-14H,3-4,15H2,1-2H3,(H,32,35). The molecular formula is C27H23Br2ClN4O3. The van der Waals surface area contributed by atoms with Crippen LogP contribution >= 0.6 is 43.5 Å². The van der Waals surface area contributed by atoms with Crippen molar-refractivity contribution in [3.8, 4) is 5.75 Å². The number of nitrogens with zero attached hydrogens (tertiary/aromatic N) is 3. The molecule has 0 fully saturated rings. The fourth-order valence-electron chi connectivity index (χ4n) is 3.62. The van der Waals surface area contributed by atoms with Crippen molar-refractivity contribution in [2.24, 2.45) is 5.10 Å². The topological polar surface area (TPSA) is 85.6 Å². The summed E-state index contributed by atoms with van der Waals surface area (Å²) in [5, 5.41) is 8.15. The highest BCUT2D eigenvalue weighted by molar-refractivity contribution is 9.10. The molecule has 1 aromatic heterocycles. The van der Waals surface area contributed by atoms with Gasteiger partial charge in [-0.25, -0.2) is 4.98 Å². The van der Waals surface area contributed by atoms with E-state index in [1.165, 1.54) is 10.9 Å². The minimum atomic E-state index is -0.320. The zero-order valence-corrected chi connectivity index (χ0v) is 24.0. The van der Waals surface area contributed by atoms with Crippen molar-refractivity contribution in [3.63, 3.8) is 0 Å². The van der Waals surface area contributed by atoms with E-state index in [1.807, 2.05) is 44.2 Å². The molecular weight excluding hydrogens is 624 g/mol. The third kappa shape index (κ3) is 6.66. The third-order valence-electron chi connectivity index (χ3n) is 5.38. The van der Waals surface area contributed by atoms with Gasteiger partial charge in [0.25, 0.3) is 11.5 Å². The molecule has 10 heteroatoms. The monoisotopic (exact) mass is 644 g/mol. The summed E-state index contributed by atoms with van der Waals surface area (Å²) in [5.74, 6) is 0.591. The molecule has 0 aliphatic heterocycles. The molecule has 190 valence electrons. The predicted molar refractivity (Wildman–Crippen MR) is 155 cm³/mol. The zero-order chi connectivity index (χ0) is 26.5. The minimum absolute atomic E-state index is 0.235. The molecule has 0 saturated heterocycles. The molecule has 4 rings (SSSR count). The highest BCUT2D eigenvalue weighted by Crippen LogP contribution is 2.32. The Morgan fingerprint density at radius 3 is 2.65 bits per heavy atom. The van der Waals surface area contributed by atoms with Gasteiger partial charge in [0.2, 0.25) is 0 Å². The van der Waals surface area contributed by atoms with Gasteiger partial charge < -0.3 is 10.1 Å². The quantitative estimate of drug-likeness (QED) is 0.215.